The number of anilines is 2. The summed E-state index contributed by atoms with van der Waals surface area (Å²) in [5.74, 6) is 0.0150. The largest absolute Gasteiger partial charge is 0.345 e. The standard InChI is InChI=1S/C26H24FN7O2/c27-17-5-3-16(4-6-17)23-30-13-18(15-1-2-15)24(33-23)32-20-7-8-29-25-21(20)19(14-31-25)22(35)26(36)34-11-9-28-10-12-34/h3-8,13-15,28H,1-2,9-12H2,(H2,29,30,31,32,33). The van der Waals surface area contributed by atoms with Crippen molar-refractivity contribution in [2.75, 3.05) is 31.5 Å². The lowest BCUT2D eigenvalue weighted by Gasteiger charge is -2.26. The number of benzene rings is 1. The highest BCUT2D eigenvalue weighted by Crippen LogP contribution is 2.44. The Morgan fingerprint density at radius 3 is 2.58 bits per heavy atom. The minimum Gasteiger partial charge on any atom is -0.345 e. The smallest absolute Gasteiger partial charge is 0.295 e. The molecular weight excluding hydrogens is 461 g/mol. The van der Waals surface area contributed by atoms with Gasteiger partial charge in [-0.25, -0.2) is 19.3 Å². The lowest BCUT2D eigenvalue weighted by molar-refractivity contribution is -0.126. The number of nitrogens with one attached hydrogen (secondary N) is 3. The van der Waals surface area contributed by atoms with E-state index in [9.17, 15) is 14.0 Å². The number of carbonyl (C=O) groups excluding carboxylic acids is 2. The van der Waals surface area contributed by atoms with Crippen molar-refractivity contribution in [2.24, 2.45) is 0 Å². The van der Waals surface area contributed by atoms with E-state index in [0.717, 1.165) is 18.4 Å². The number of hydrogen-bond acceptors (Lipinski definition) is 7. The first-order chi connectivity index (χ1) is 17.6. The highest BCUT2D eigenvalue weighted by atomic mass is 19.1. The van der Waals surface area contributed by atoms with E-state index in [1.165, 1.54) is 18.3 Å². The second kappa shape index (κ2) is 9.12. The quantitative estimate of drug-likeness (QED) is 0.283. The van der Waals surface area contributed by atoms with Gasteiger partial charge in [0.15, 0.2) is 5.82 Å². The molecule has 2 aliphatic rings. The first kappa shape index (κ1) is 22.3. The first-order valence-electron chi connectivity index (χ1n) is 12.0. The van der Waals surface area contributed by atoms with Crippen LogP contribution in [0.2, 0.25) is 0 Å². The Bertz CT molecular complexity index is 1460. The summed E-state index contributed by atoms with van der Waals surface area (Å²) in [6.07, 6.45) is 7.07. The Morgan fingerprint density at radius 1 is 1.06 bits per heavy atom. The molecule has 1 aliphatic carbocycles. The zero-order valence-corrected chi connectivity index (χ0v) is 19.4. The zero-order chi connectivity index (χ0) is 24.6. The Hall–Kier alpha value is -4.18. The molecule has 3 N–H and O–H groups in total. The van der Waals surface area contributed by atoms with Crippen molar-refractivity contribution in [3.8, 4) is 11.4 Å². The molecular formula is C26H24FN7O2. The molecule has 1 saturated heterocycles. The molecule has 0 spiro atoms. The minimum absolute atomic E-state index is 0.268. The third-order valence-electron chi connectivity index (χ3n) is 6.61. The van der Waals surface area contributed by atoms with Gasteiger partial charge in [-0.1, -0.05) is 0 Å². The van der Waals surface area contributed by atoms with Crippen LogP contribution in [0.25, 0.3) is 22.4 Å². The lowest BCUT2D eigenvalue weighted by Crippen LogP contribution is -2.48. The van der Waals surface area contributed by atoms with Crippen molar-refractivity contribution < 1.29 is 14.0 Å². The molecule has 4 aromatic rings. The van der Waals surface area contributed by atoms with Crippen LogP contribution in [-0.4, -0.2) is 62.7 Å². The fraction of sp³-hybridized carbons (Fsp3) is 0.269. The van der Waals surface area contributed by atoms with Gasteiger partial charge in [0.2, 0.25) is 0 Å². The molecule has 0 bridgehead atoms. The van der Waals surface area contributed by atoms with Gasteiger partial charge in [-0.05, 0) is 49.1 Å². The average Bonchev–Trinajstić information content (AvgIpc) is 3.67. The van der Waals surface area contributed by atoms with Crippen molar-refractivity contribution in [1.82, 2.24) is 30.2 Å². The van der Waals surface area contributed by atoms with E-state index >= 15 is 0 Å². The number of ketones is 1. The summed E-state index contributed by atoms with van der Waals surface area (Å²) >= 11 is 0. The number of aromatic amines is 1. The average molecular weight is 486 g/mol. The summed E-state index contributed by atoms with van der Waals surface area (Å²) in [7, 11) is 0. The Morgan fingerprint density at radius 2 is 1.83 bits per heavy atom. The van der Waals surface area contributed by atoms with Crippen LogP contribution in [0, 0.1) is 5.82 Å². The molecule has 4 heterocycles. The van der Waals surface area contributed by atoms with Crippen molar-refractivity contribution in [3.05, 3.63) is 65.9 Å². The van der Waals surface area contributed by atoms with Crippen LogP contribution in [0.5, 0.6) is 0 Å². The maximum absolute atomic E-state index is 13.4. The second-order valence-corrected chi connectivity index (χ2v) is 9.06. The Kier molecular flexibility index (Phi) is 5.65. The summed E-state index contributed by atoms with van der Waals surface area (Å²) in [4.78, 5) is 44.4. The number of halogens is 1. The van der Waals surface area contributed by atoms with E-state index in [1.807, 2.05) is 0 Å². The molecule has 1 aromatic carbocycles. The number of carbonyl (C=O) groups is 2. The van der Waals surface area contributed by atoms with Crippen molar-refractivity contribution in [3.63, 3.8) is 0 Å². The van der Waals surface area contributed by atoms with Crippen LogP contribution >= 0.6 is 0 Å². The lowest BCUT2D eigenvalue weighted by atomic mass is 10.1. The van der Waals surface area contributed by atoms with E-state index in [2.05, 4.69) is 25.6 Å². The Labute approximate surface area is 206 Å². The number of Topliss-reactive ketones (excluding diaryl/α,β-unsaturated/α-hetero) is 1. The normalized spacial score (nSPS) is 15.8. The summed E-state index contributed by atoms with van der Waals surface area (Å²) in [6, 6.07) is 7.79. The predicted molar refractivity (Wildman–Crippen MR) is 133 cm³/mol. The topological polar surface area (TPSA) is 116 Å². The minimum atomic E-state index is -0.573. The monoisotopic (exact) mass is 485 g/mol. The van der Waals surface area contributed by atoms with Gasteiger partial charge >= 0.3 is 0 Å². The fourth-order valence-corrected chi connectivity index (χ4v) is 4.52. The van der Waals surface area contributed by atoms with Crippen LogP contribution < -0.4 is 10.6 Å². The number of fused-ring (bicyclic) bond motifs is 1. The highest BCUT2D eigenvalue weighted by Gasteiger charge is 2.30. The number of piperazine rings is 1. The van der Waals surface area contributed by atoms with Gasteiger partial charge in [-0.2, -0.15) is 0 Å². The summed E-state index contributed by atoms with van der Waals surface area (Å²) in [5, 5.41) is 7.11. The van der Waals surface area contributed by atoms with E-state index in [-0.39, 0.29) is 11.4 Å². The van der Waals surface area contributed by atoms with Crippen LogP contribution in [0.4, 0.5) is 15.9 Å². The van der Waals surface area contributed by atoms with E-state index < -0.39 is 11.7 Å². The maximum Gasteiger partial charge on any atom is 0.295 e. The molecule has 0 atom stereocenters. The number of pyridine rings is 1. The van der Waals surface area contributed by atoms with E-state index in [1.54, 1.807) is 35.5 Å². The summed E-state index contributed by atoms with van der Waals surface area (Å²) in [5.41, 5.74) is 3.05. The van der Waals surface area contributed by atoms with Crippen molar-refractivity contribution in [2.45, 2.75) is 18.8 Å². The molecule has 2 fully saturated rings. The molecule has 1 saturated carbocycles. The number of aromatic nitrogens is 4. The molecule has 6 rings (SSSR count). The van der Waals surface area contributed by atoms with Gasteiger partial charge in [0.05, 0.1) is 16.6 Å². The zero-order valence-electron chi connectivity index (χ0n) is 19.4. The molecule has 10 heteroatoms. The molecule has 36 heavy (non-hydrogen) atoms. The molecule has 0 radical (unpaired) electrons. The SMILES string of the molecule is O=C(C(=O)N1CCNCC1)c1c[nH]c2nccc(Nc3nc(-c4ccc(F)cc4)ncc3C3CC3)c12. The van der Waals surface area contributed by atoms with E-state index in [4.69, 9.17) is 4.98 Å². The number of rotatable bonds is 6. The van der Waals surface area contributed by atoms with Crippen LogP contribution in [-0.2, 0) is 4.79 Å². The molecule has 9 nitrogen and oxygen atoms in total. The predicted octanol–water partition coefficient (Wildman–Crippen LogP) is 3.39. The number of nitrogens with zero attached hydrogens (tertiary/aromatic N) is 4. The molecule has 1 aliphatic heterocycles. The molecule has 3 aromatic heterocycles. The third-order valence-corrected chi connectivity index (χ3v) is 6.61. The van der Waals surface area contributed by atoms with Gasteiger partial charge in [0.25, 0.3) is 11.7 Å². The van der Waals surface area contributed by atoms with Crippen LogP contribution in [0.15, 0.2) is 48.9 Å². The van der Waals surface area contributed by atoms with Crippen LogP contribution in [0.1, 0.15) is 34.7 Å². The molecule has 0 unspecified atom stereocenters. The van der Waals surface area contributed by atoms with Crippen molar-refractivity contribution >= 4 is 34.2 Å². The van der Waals surface area contributed by atoms with Crippen molar-refractivity contribution in [1.29, 1.82) is 0 Å². The summed E-state index contributed by atoms with van der Waals surface area (Å²) < 4.78 is 13.4. The fourth-order valence-electron chi connectivity index (χ4n) is 4.52. The number of amides is 1. The van der Waals surface area contributed by atoms with Crippen LogP contribution in [0.3, 0.4) is 0 Å². The van der Waals surface area contributed by atoms with Gasteiger partial charge in [-0.3, -0.25) is 9.59 Å². The number of H-pyrrole nitrogens is 1. The maximum atomic E-state index is 13.4. The summed E-state index contributed by atoms with van der Waals surface area (Å²) in [6.45, 7) is 2.31. The molecule has 182 valence electrons. The van der Waals surface area contributed by atoms with Gasteiger partial charge in [0.1, 0.15) is 17.3 Å². The van der Waals surface area contributed by atoms with Gasteiger partial charge in [-0.15, -0.1) is 0 Å². The molecule has 1 amide bonds. The third kappa shape index (κ3) is 4.20. The highest BCUT2D eigenvalue weighted by molar-refractivity contribution is 6.45. The van der Waals surface area contributed by atoms with Gasteiger partial charge < -0.3 is 20.5 Å². The Balaban J connectivity index is 1.38. The first-order valence-corrected chi connectivity index (χ1v) is 12.0. The second-order valence-electron chi connectivity index (χ2n) is 9.06. The number of hydrogen-bond donors (Lipinski definition) is 3. The van der Waals surface area contributed by atoms with E-state index in [0.29, 0.717) is 66.0 Å². The van der Waals surface area contributed by atoms with Gasteiger partial charge in [0, 0.05) is 55.9 Å².